The molecule has 1 fully saturated rings. The monoisotopic (exact) mass is 282 g/mol. The summed E-state index contributed by atoms with van der Waals surface area (Å²) < 4.78 is 0. The number of nitrogens with two attached hydrogens (primary N) is 1. The highest BCUT2D eigenvalue weighted by molar-refractivity contribution is 6.34. The van der Waals surface area contributed by atoms with E-state index in [1.807, 2.05) is 0 Å². The predicted octanol–water partition coefficient (Wildman–Crippen LogP) is 2.10. The van der Waals surface area contributed by atoms with Crippen LogP contribution in [0, 0.1) is 5.92 Å². The Labute approximate surface area is 115 Å². The van der Waals surface area contributed by atoms with Gasteiger partial charge in [-0.15, -0.1) is 0 Å². The third-order valence-corrected chi connectivity index (χ3v) is 3.63. The first-order valence-corrected chi connectivity index (χ1v) is 6.44. The van der Waals surface area contributed by atoms with Crippen LogP contribution in [0.5, 0.6) is 0 Å². The molecule has 2 rings (SSSR count). The van der Waals surface area contributed by atoms with Gasteiger partial charge >= 0.3 is 5.97 Å². The van der Waals surface area contributed by atoms with Crippen LogP contribution in [0.2, 0.25) is 5.02 Å². The number of hydrogen-bond donors (Lipinski definition) is 3. The number of hydrogen-bond acceptors (Lipinski definition) is 3. The normalized spacial score (nSPS) is 22.2. The van der Waals surface area contributed by atoms with Gasteiger partial charge in [-0.05, 0) is 37.5 Å². The molecule has 2 atom stereocenters. The van der Waals surface area contributed by atoms with E-state index >= 15 is 0 Å². The van der Waals surface area contributed by atoms with Gasteiger partial charge in [0.25, 0.3) is 0 Å². The maximum atomic E-state index is 12.0. The van der Waals surface area contributed by atoms with Crippen molar-refractivity contribution in [3.63, 3.8) is 0 Å². The Morgan fingerprint density at radius 3 is 2.63 bits per heavy atom. The highest BCUT2D eigenvalue weighted by Crippen LogP contribution is 2.28. The van der Waals surface area contributed by atoms with Gasteiger partial charge in [0.2, 0.25) is 5.91 Å². The summed E-state index contributed by atoms with van der Waals surface area (Å²) in [4.78, 5) is 22.8. The quantitative estimate of drug-likeness (QED) is 0.791. The summed E-state index contributed by atoms with van der Waals surface area (Å²) in [6, 6.07) is 4.31. The SMILES string of the molecule is NC1CCC(C(=O)Nc2ccc(C(=O)O)cc2Cl)C1. The van der Waals surface area contributed by atoms with Crippen LogP contribution in [0.25, 0.3) is 0 Å². The molecular formula is C13H15ClN2O3. The molecule has 0 bridgehead atoms. The molecule has 4 N–H and O–H groups in total. The standard InChI is InChI=1S/C13H15ClN2O3/c14-10-6-8(13(18)19)2-4-11(10)16-12(17)7-1-3-9(15)5-7/h2,4,6-7,9H,1,3,5,15H2,(H,16,17)(H,18,19). The first kappa shape index (κ1) is 13.8. The van der Waals surface area contributed by atoms with E-state index in [1.54, 1.807) is 0 Å². The smallest absolute Gasteiger partial charge is 0.335 e. The van der Waals surface area contributed by atoms with E-state index in [2.05, 4.69) is 5.32 Å². The molecule has 102 valence electrons. The minimum Gasteiger partial charge on any atom is -0.478 e. The fourth-order valence-electron chi connectivity index (χ4n) is 2.24. The van der Waals surface area contributed by atoms with E-state index in [0.717, 1.165) is 12.8 Å². The summed E-state index contributed by atoms with van der Waals surface area (Å²) in [6.45, 7) is 0. The number of amides is 1. The van der Waals surface area contributed by atoms with Gasteiger partial charge in [0, 0.05) is 12.0 Å². The molecule has 0 aliphatic heterocycles. The first-order valence-electron chi connectivity index (χ1n) is 6.06. The summed E-state index contributed by atoms with van der Waals surface area (Å²) in [5.74, 6) is -1.26. The van der Waals surface area contributed by atoms with E-state index in [-0.39, 0.29) is 28.5 Å². The number of rotatable bonds is 3. The van der Waals surface area contributed by atoms with Crippen molar-refractivity contribution in [3.8, 4) is 0 Å². The predicted molar refractivity (Wildman–Crippen MR) is 72.4 cm³/mol. The second-order valence-electron chi connectivity index (χ2n) is 4.76. The van der Waals surface area contributed by atoms with Gasteiger partial charge in [0.05, 0.1) is 16.3 Å². The lowest BCUT2D eigenvalue weighted by Crippen LogP contribution is -2.23. The van der Waals surface area contributed by atoms with Gasteiger partial charge in [-0.2, -0.15) is 0 Å². The fourth-order valence-corrected chi connectivity index (χ4v) is 2.47. The molecule has 1 aromatic rings. The molecule has 0 saturated heterocycles. The maximum Gasteiger partial charge on any atom is 0.335 e. The number of carboxylic acid groups (broad SMARTS) is 1. The number of nitrogens with one attached hydrogen (secondary N) is 1. The lowest BCUT2D eigenvalue weighted by Gasteiger charge is -2.12. The zero-order valence-corrected chi connectivity index (χ0v) is 11.0. The summed E-state index contributed by atoms with van der Waals surface area (Å²) >= 11 is 5.95. The van der Waals surface area contributed by atoms with Crippen LogP contribution < -0.4 is 11.1 Å². The lowest BCUT2D eigenvalue weighted by molar-refractivity contribution is -0.119. The second-order valence-corrected chi connectivity index (χ2v) is 5.17. The van der Waals surface area contributed by atoms with Crippen LogP contribution in [0.1, 0.15) is 29.6 Å². The van der Waals surface area contributed by atoms with Gasteiger partial charge in [-0.1, -0.05) is 11.6 Å². The van der Waals surface area contributed by atoms with Crippen molar-refractivity contribution in [1.82, 2.24) is 0 Å². The van der Waals surface area contributed by atoms with E-state index in [1.165, 1.54) is 18.2 Å². The zero-order chi connectivity index (χ0) is 14.0. The highest BCUT2D eigenvalue weighted by atomic mass is 35.5. The van der Waals surface area contributed by atoms with Crippen molar-refractivity contribution >= 4 is 29.2 Å². The van der Waals surface area contributed by atoms with Crippen LogP contribution in [0.4, 0.5) is 5.69 Å². The summed E-state index contributed by atoms with van der Waals surface area (Å²) in [5.41, 5.74) is 6.28. The van der Waals surface area contributed by atoms with Crippen LogP contribution >= 0.6 is 11.6 Å². The van der Waals surface area contributed by atoms with Crippen LogP contribution in [-0.4, -0.2) is 23.0 Å². The Hall–Kier alpha value is -1.59. The number of carboxylic acids is 1. The van der Waals surface area contributed by atoms with Crippen molar-refractivity contribution in [3.05, 3.63) is 28.8 Å². The molecule has 1 aromatic carbocycles. The van der Waals surface area contributed by atoms with E-state index in [4.69, 9.17) is 22.4 Å². The average molecular weight is 283 g/mol. The van der Waals surface area contributed by atoms with E-state index < -0.39 is 5.97 Å². The third-order valence-electron chi connectivity index (χ3n) is 3.32. The minimum atomic E-state index is -1.05. The van der Waals surface area contributed by atoms with Crippen LogP contribution in [0.3, 0.4) is 0 Å². The molecule has 0 aromatic heterocycles. The fraction of sp³-hybridized carbons (Fsp3) is 0.385. The second kappa shape index (κ2) is 5.59. The van der Waals surface area contributed by atoms with Crippen LogP contribution in [-0.2, 0) is 4.79 Å². The van der Waals surface area contributed by atoms with Crippen molar-refractivity contribution in [1.29, 1.82) is 0 Å². The Morgan fingerprint density at radius 2 is 2.11 bits per heavy atom. The van der Waals surface area contributed by atoms with E-state index in [0.29, 0.717) is 12.1 Å². The highest BCUT2D eigenvalue weighted by Gasteiger charge is 2.28. The molecule has 2 unspecified atom stereocenters. The molecule has 1 aliphatic rings. The number of carbonyl (C=O) groups is 2. The maximum absolute atomic E-state index is 12.0. The molecular weight excluding hydrogens is 268 g/mol. The third kappa shape index (κ3) is 3.24. The lowest BCUT2D eigenvalue weighted by atomic mass is 10.1. The first-order chi connectivity index (χ1) is 8.97. The Morgan fingerprint density at radius 1 is 1.37 bits per heavy atom. The minimum absolute atomic E-state index is 0.0839. The summed E-state index contributed by atoms with van der Waals surface area (Å²) in [5, 5.41) is 11.8. The molecule has 6 heteroatoms. The molecule has 19 heavy (non-hydrogen) atoms. The number of anilines is 1. The number of benzene rings is 1. The zero-order valence-electron chi connectivity index (χ0n) is 10.2. The summed E-state index contributed by atoms with van der Waals surface area (Å²) in [6.07, 6.45) is 2.30. The van der Waals surface area contributed by atoms with E-state index in [9.17, 15) is 9.59 Å². The number of aromatic carboxylic acids is 1. The van der Waals surface area contributed by atoms with Crippen LogP contribution in [0.15, 0.2) is 18.2 Å². The molecule has 0 radical (unpaired) electrons. The number of carbonyl (C=O) groups excluding carboxylic acids is 1. The van der Waals surface area contributed by atoms with Crippen molar-refractivity contribution in [2.45, 2.75) is 25.3 Å². The summed E-state index contributed by atoms with van der Waals surface area (Å²) in [7, 11) is 0. The van der Waals surface area contributed by atoms with Gasteiger partial charge in [-0.25, -0.2) is 4.79 Å². The molecule has 1 aliphatic carbocycles. The van der Waals surface area contributed by atoms with Crippen molar-refractivity contribution in [2.75, 3.05) is 5.32 Å². The Kier molecular flexibility index (Phi) is 4.07. The molecule has 0 spiro atoms. The van der Waals surface area contributed by atoms with Gasteiger partial charge in [0.1, 0.15) is 0 Å². The molecule has 0 heterocycles. The van der Waals surface area contributed by atoms with Gasteiger partial charge in [-0.3, -0.25) is 4.79 Å². The van der Waals surface area contributed by atoms with Gasteiger partial charge < -0.3 is 16.2 Å². The van der Waals surface area contributed by atoms with Gasteiger partial charge in [0.15, 0.2) is 0 Å². The van der Waals surface area contributed by atoms with Crippen molar-refractivity contribution in [2.24, 2.45) is 11.7 Å². The average Bonchev–Trinajstić information content (AvgIpc) is 2.78. The molecule has 1 saturated carbocycles. The molecule has 5 nitrogen and oxygen atoms in total. The Bertz CT molecular complexity index is 519. The molecule has 1 amide bonds. The Balaban J connectivity index is 2.07. The number of halogens is 1. The largest absolute Gasteiger partial charge is 0.478 e. The topological polar surface area (TPSA) is 92.4 Å². The van der Waals surface area contributed by atoms with Crippen molar-refractivity contribution < 1.29 is 14.7 Å².